The Bertz CT molecular complexity index is 356. The van der Waals surface area contributed by atoms with Gasteiger partial charge in [0.25, 0.3) is 5.91 Å². The fourth-order valence-electron chi connectivity index (χ4n) is 1.11. The average molecular weight is 271 g/mol. The second kappa shape index (κ2) is 8.79. The molecule has 0 heterocycles. The summed E-state index contributed by atoms with van der Waals surface area (Å²) in [6.07, 6.45) is 0. The van der Waals surface area contributed by atoms with E-state index in [1.54, 1.807) is 14.2 Å². The van der Waals surface area contributed by atoms with Crippen LogP contribution in [-0.2, 0) is 14.4 Å². The van der Waals surface area contributed by atoms with Crippen molar-refractivity contribution in [3.05, 3.63) is 24.3 Å². The third-order valence-corrected chi connectivity index (χ3v) is 3.02. The second-order valence-electron chi connectivity index (χ2n) is 3.33. The Hall–Kier alpha value is -1.24. The molecule has 0 aromatic heterocycles. The summed E-state index contributed by atoms with van der Waals surface area (Å²) in [6.45, 7) is 0.793. The highest BCUT2D eigenvalue weighted by Gasteiger charge is 2.02. The number of carbonyl (C=O) groups excluding carboxylic acids is 1. The van der Waals surface area contributed by atoms with Crippen molar-refractivity contribution in [1.82, 2.24) is 5.48 Å². The lowest BCUT2D eigenvalue weighted by Gasteiger charge is -2.05. The third-order valence-electron chi connectivity index (χ3n) is 2.00. The first-order chi connectivity index (χ1) is 8.76. The van der Waals surface area contributed by atoms with E-state index in [9.17, 15) is 4.79 Å². The Morgan fingerprint density at radius 1 is 1.22 bits per heavy atom. The Kier molecular flexibility index (Phi) is 7.24. The van der Waals surface area contributed by atoms with Crippen molar-refractivity contribution in [3.8, 4) is 5.75 Å². The average Bonchev–Trinajstić information content (AvgIpc) is 2.42. The first-order valence-corrected chi connectivity index (χ1v) is 6.41. The van der Waals surface area contributed by atoms with Crippen molar-refractivity contribution in [2.75, 3.05) is 33.2 Å². The van der Waals surface area contributed by atoms with Crippen LogP contribution in [0.25, 0.3) is 0 Å². The lowest BCUT2D eigenvalue weighted by Crippen LogP contribution is -2.26. The number of nitrogens with one attached hydrogen (secondary N) is 1. The molecular weight excluding hydrogens is 254 g/mol. The van der Waals surface area contributed by atoms with Gasteiger partial charge >= 0.3 is 0 Å². The molecule has 0 aliphatic rings. The number of hydrogen-bond donors (Lipinski definition) is 1. The van der Waals surface area contributed by atoms with Crippen LogP contribution >= 0.6 is 11.8 Å². The summed E-state index contributed by atoms with van der Waals surface area (Å²) in [5, 5.41) is 0. The summed E-state index contributed by atoms with van der Waals surface area (Å²) in [6, 6.07) is 7.52. The van der Waals surface area contributed by atoms with Gasteiger partial charge in [-0.05, 0) is 24.3 Å². The molecule has 0 atom stereocenters. The van der Waals surface area contributed by atoms with Crippen molar-refractivity contribution in [2.24, 2.45) is 0 Å². The largest absolute Gasteiger partial charge is 0.497 e. The third kappa shape index (κ3) is 5.90. The molecule has 0 saturated carbocycles. The lowest BCUT2D eigenvalue weighted by atomic mass is 10.3. The molecule has 0 aliphatic carbocycles. The van der Waals surface area contributed by atoms with Gasteiger partial charge in [0.2, 0.25) is 0 Å². The topological polar surface area (TPSA) is 56.8 Å². The molecule has 0 spiro atoms. The van der Waals surface area contributed by atoms with Gasteiger partial charge in [-0.2, -0.15) is 0 Å². The molecule has 1 aromatic rings. The molecule has 0 saturated heterocycles. The van der Waals surface area contributed by atoms with E-state index in [1.807, 2.05) is 24.3 Å². The van der Waals surface area contributed by atoms with E-state index in [0.29, 0.717) is 19.0 Å². The zero-order valence-corrected chi connectivity index (χ0v) is 11.3. The maximum absolute atomic E-state index is 11.4. The predicted molar refractivity (Wildman–Crippen MR) is 69.7 cm³/mol. The number of thioether (sulfide) groups is 1. The van der Waals surface area contributed by atoms with Gasteiger partial charge in [0, 0.05) is 12.0 Å². The van der Waals surface area contributed by atoms with Crippen molar-refractivity contribution in [2.45, 2.75) is 4.90 Å². The van der Waals surface area contributed by atoms with Crippen LogP contribution in [0.2, 0.25) is 0 Å². The Labute approximate surface area is 111 Å². The number of amides is 1. The molecule has 0 radical (unpaired) electrons. The van der Waals surface area contributed by atoms with E-state index in [2.05, 4.69) is 5.48 Å². The van der Waals surface area contributed by atoms with E-state index >= 15 is 0 Å². The molecule has 1 N–H and O–H groups in total. The van der Waals surface area contributed by atoms with Crippen molar-refractivity contribution in [3.63, 3.8) is 0 Å². The van der Waals surface area contributed by atoms with Gasteiger partial charge in [-0.3, -0.25) is 9.63 Å². The van der Waals surface area contributed by atoms with Crippen LogP contribution in [0.3, 0.4) is 0 Å². The first-order valence-electron chi connectivity index (χ1n) is 5.42. The van der Waals surface area contributed by atoms with Crippen LogP contribution in [0.5, 0.6) is 5.75 Å². The molecule has 100 valence electrons. The summed E-state index contributed by atoms with van der Waals surface area (Å²) in [7, 11) is 3.19. The maximum atomic E-state index is 11.4. The van der Waals surface area contributed by atoms with Crippen molar-refractivity contribution in [1.29, 1.82) is 0 Å². The van der Waals surface area contributed by atoms with Crippen molar-refractivity contribution >= 4 is 17.7 Å². The number of ether oxygens (including phenoxy) is 2. The zero-order valence-electron chi connectivity index (χ0n) is 10.5. The van der Waals surface area contributed by atoms with Crippen LogP contribution in [0.15, 0.2) is 29.2 Å². The van der Waals surface area contributed by atoms with Crippen LogP contribution in [-0.4, -0.2) is 39.1 Å². The lowest BCUT2D eigenvalue weighted by molar-refractivity contribution is -0.131. The van der Waals surface area contributed by atoms with Crippen LogP contribution in [0.4, 0.5) is 0 Å². The van der Waals surface area contributed by atoms with E-state index in [0.717, 1.165) is 10.6 Å². The quantitative estimate of drug-likeness (QED) is 0.441. The molecule has 1 aromatic carbocycles. The van der Waals surface area contributed by atoms with Crippen molar-refractivity contribution < 1.29 is 19.1 Å². The monoisotopic (exact) mass is 271 g/mol. The van der Waals surface area contributed by atoms with Gasteiger partial charge in [-0.15, -0.1) is 11.8 Å². The summed E-state index contributed by atoms with van der Waals surface area (Å²) < 4.78 is 9.83. The molecule has 6 heteroatoms. The highest BCUT2D eigenvalue weighted by molar-refractivity contribution is 8.00. The second-order valence-corrected chi connectivity index (χ2v) is 4.38. The number of carbonyl (C=O) groups is 1. The molecule has 0 fully saturated rings. The van der Waals surface area contributed by atoms with Gasteiger partial charge in [-0.25, -0.2) is 5.48 Å². The zero-order chi connectivity index (χ0) is 13.2. The smallest absolute Gasteiger partial charge is 0.253 e. The van der Waals surface area contributed by atoms with Crippen LogP contribution < -0.4 is 10.2 Å². The fraction of sp³-hybridized carbons (Fsp3) is 0.417. The SMILES string of the molecule is COCCONC(=O)CSc1ccc(OC)cc1. The molecular formula is C12H17NO4S. The summed E-state index contributed by atoms with van der Waals surface area (Å²) in [4.78, 5) is 17.3. The van der Waals surface area contributed by atoms with E-state index in [-0.39, 0.29) is 5.91 Å². The Morgan fingerprint density at radius 3 is 2.56 bits per heavy atom. The standard InChI is InChI=1S/C12H17NO4S/c1-15-7-8-17-13-12(14)9-18-11-5-3-10(16-2)4-6-11/h3-6H,7-9H2,1-2H3,(H,13,14). The number of hydroxylamine groups is 1. The molecule has 5 nitrogen and oxygen atoms in total. The van der Waals surface area contributed by atoms with Gasteiger partial charge in [0.05, 0.1) is 26.1 Å². The molecule has 0 bridgehead atoms. The minimum atomic E-state index is -0.174. The van der Waals surface area contributed by atoms with Crippen LogP contribution in [0, 0.1) is 0 Å². The molecule has 1 rings (SSSR count). The predicted octanol–water partition coefficient (Wildman–Crippen LogP) is 1.48. The minimum Gasteiger partial charge on any atom is -0.497 e. The number of rotatable bonds is 8. The highest BCUT2D eigenvalue weighted by atomic mass is 32.2. The first kappa shape index (κ1) is 14.8. The number of methoxy groups -OCH3 is 2. The van der Waals surface area contributed by atoms with Gasteiger partial charge < -0.3 is 9.47 Å². The minimum absolute atomic E-state index is 0.174. The maximum Gasteiger partial charge on any atom is 0.253 e. The molecule has 1 amide bonds. The van der Waals surface area contributed by atoms with Crippen LogP contribution in [0.1, 0.15) is 0 Å². The summed E-state index contributed by atoms with van der Waals surface area (Å²) >= 11 is 1.43. The molecule has 0 aliphatic heterocycles. The summed E-state index contributed by atoms with van der Waals surface area (Å²) in [5.74, 6) is 0.929. The fourth-order valence-corrected chi connectivity index (χ4v) is 1.79. The highest BCUT2D eigenvalue weighted by Crippen LogP contribution is 2.20. The molecule has 18 heavy (non-hydrogen) atoms. The normalized spacial score (nSPS) is 10.1. The number of benzene rings is 1. The number of hydrogen-bond acceptors (Lipinski definition) is 5. The molecule has 0 unspecified atom stereocenters. The van der Waals surface area contributed by atoms with Gasteiger partial charge in [0.1, 0.15) is 5.75 Å². The van der Waals surface area contributed by atoms with E-state index < -0.39 is 0 Å². The van der Waals surface area contributed by atoms with E-state index in [1.165, 1.54) is 11.8 Å². The Balaban J connectivity index is 2.20. The van der Waals surface area contributed by atoms with Gasteiger partial charge in [-0.1, -0.05) is 0 Å². The summed E-state index contributed by atoms with van der Waals surface area (Å²) in [5.41, 5.74) is 2.35. The van der Waals surface area contributed by atoms with E-state index in [4.69, 9.17) is 14.3 Å². The Morgan fingerprint density at radius 2 is 1.94 bits per heavy atom. The van der Waals surface area contributed by atoms with Gasteiger partial charge in [0.15, 0.2) is 0 Å².